The number of methoxy groups -OCH3 is 1. The third kappa shape index (κ3) is 5.31. The summed E-state index contributed by atoms with van der Waals surface area (Å²) in [6.07, 6.45) is 0. The van der Waals surface area contributed by atoms with Crippen molar-refractivity contribution in [2.24, 2.45) is 5.73 Å². The van der Waals surface area contributed by atoms with Crippen LogP contribution in [0.15, 0.2) is 30.3 Å². The molecule has 2 N–H and O–H groups in total. The number of hydrogen-bond donors (Lipinski definition) is 1. The zero-order valence-corrected chi connectivity index (χ0v) is 11.1. The lowest BCUT2D eigenvalue weighted by Crippen LogP contribution is -2.41. The van der Waals surface area contributed by atoms with Gasteiger partial charge in [-0.05, 0) is 19.4 Å². The van der Waals surface area contributed by atoms with Gasteiger partial charge < -0.3 is 10.5 Å². The monoisotopic (exact) mass is 236 g/mol. The van der Waals surface area contributed by atoms with Gasteiger partial charge in [0.05, 0.1) is 5.60 Å². The van der Waals surface area contributed by atoms with Crippen LogP contribution in [0.4, 0.5) is 0 Å². The molecule has 17 heavy (non-hydrogen) atoms. The first-order valence-corrected chi connectivity index (χ1v) is 6.09. The summed E-state index contributed by atoms with van der Waals surface area (Å²) in [6, 6.07) is 10.5. The van der Waals surface area contributed by atoms with Crippen LogP contribution in [0.3, 0.4) is 0 Å². The molecule has 0 aliphatic heterocycles. The Morgan fingerprint density at radius 2 is 1.88 bits per heavy atom. The number of hydrogen-bond acceptors (Lipinski definition) is 3. The van der Waals surface area contributed by atoms with Crippen LogP contribution in [0.2, 0.25) is 0 Å². The molecule has 1 aromatic carbocycles. The molecule has 0 aromatic heterocycles. The van der Waals surface area contributed by atoms with Crippen molar-refractivity contribution < 1.29 is 4.74 Å². The van der Waals surface area contributed by atoms with Crippen LogP contribution in [0, 0.1) is 0 Å². The highest BCUT2D eigenvalue weighted by Crippen LogP contribution is 2.12. The van der Waals surface area contributed by atoms with Gasteiger partial charge in [-0.3, -0.25) is 4.90 Å². The maximum atomic E-state index is 5.66. The fourth-order valence-electron chi connectivity index (χ4n) is 1.84. The van der Waals surface area contributed by atoms with E-state index in [1.54, 1.807) is 7.11 Å². The van der Waals surface area contributed by atoms with E-state index in [0.717, 1.165) is 19.6 Å². The van der Waals surface area contributed by atoms with Crippen molar-refractivity contribution >= 4 is 0 Å². The average Bonchev–Trinajstić information content (AvgIpc) is 2.30. The van der Waals surface area contributed by atoms with Crippen molar-refractivity contribution in [3.63, 3.8) is 0 Å². The molecule has 0 unspecified atom stereocenters. The zero-order valence-electron chi connectivity index (χ0n) is 11.1. The molecule has 0 saturated carbocycles. The molecule has 0 fully saturated rings. The number of ether oxygens (including phenoxy) is 1. The SMILES string of the molecule is COC(C)(C)CN(CCN)Cc1ccccc1. The van der Waals surface area contributed by atoms with E-state index in [2.05, 4.69) is 43.0 Å². The van der Waals surface area contributed by atoms with Gasteiger partial charge in [-0.2, -0.15) is 0 Å². The Morgan fingerprint density at radius 1 is 1.24 bits per heavy atom. The lowest BCUT2D eigenvalue weighted by atomic mass is 10.1. The van der Waals surface area contributed by atoms with Crippen LogP contribution >= 0.6 is 0 Å². The van der Waals surface area contributed by atoms with Gasteiger partial charge in [-0.15, -0.1) is 0 Å². The maximum Gasteiger partial charge on any atom is 0.0749 e. The lowest BCUT2D eigenvalue weighted by molar-refractivity contribution is -0.00875. The van der Waals surface area contributed by atoms with Crippen LogP contribution in [0.25, 0.3) is 0 Å². The van der Waals surface area contributed by atoms with Crippen molar-refractivity contribution in [2.75, 3.05) is 26.7 Å². The number of nitrogens with zero attached hydrogens (tertiary/aromatic N) is 1. The predicted molar refractivity (Wildman–Crippen MR) is 71.9 cm³/mol. The van der Waals surface area contributed by atoms with Gasteiger partial charge in [-0.1, -0.05) is 30.3 Å². The third-order valence-electron chi connectivity index (χ3n) is 2.85. The van der Waals surface area contributed by atoms with Gasteiger partial charge in [0, 0.05) is 33.3 Å². The van der Waals surface area contributed by atoms with E-state index in [4.69, 9.17) is 10.5 Å². The summed E-state index contributed by atoms with van der Waals surface area (Å²) < 4.78 is 5.47. The van der Waals surface area contributed by atoms with E-state index in [1.807, 2.05) is 6.07 Å². The molecule has 0 spiro atoms. The molecule has 0 radical (unpaired) electrons. The number of nitrogens with two attached hydrogens (primary N) is 1. The van der Waals surface area contributed by atoms with E-state index in [9.17, 15) is 0 Å². The molecule has 96 valence electrons. The number of benzene rings is 1. The van der Waals surface area contributed by atoms with E-state index >= 15 is 0 Å². The van der Waals surface area contributed by atoms with Crippen LogP contribution in [0.5, 0.6) is 0 Å². The topological polar surface area (TPSA) is 38.5 Å². The first kappa shape index (κ1) is 14.2. The van der Waals surface area contributed by atoms with Crippen molar-refractivity contribution in [3.05, 3.63) is 35.9 Å². The molecule has 3 heteroatoms. The van der Waals surface area contributed by atoms with Gasteiger partial charge >= 0.3 is 0 Å². The molecule has 0 saturated heterocycles. The van der Waals surface area contributed by atoms with Gasteiger partial charge in [0.25, 0.3) is 0 Å². The van der Waals surface area contributed by atoms with Crippen molar-refractivity contribution in [1.82, 2.24) is 4.90 Å². The van der Waals surface area contributed by atoms with E-state index < -0.39 is 0 Å². The molecule has 0 heterocycles. The second-order valence-electron chi connectivity index (χ2n) is 4.95. The minimum absolute atomic E-state index is 0.135. The minimum Gasteiger partial charge on any atom is -0.377 e. The van der Waals surface area contributed by atoms with E-state index in [1.165, 1.54) is 5.56 Å². The van der Waals surface area contributed by atoms with E-state index in [0.29, 0.717) is 6.54 Å². The highest BCUT2D eigenvalue weighted by molar-refractivity contribution is 5.14. The van der Waals surface area contributed by atoms with Gasteiger partial charge in [-0.25, -0.2) is 0 Å². The summed E-state index contributed by atoms with van der Waals surface area (Å²) in [5.74, 6) is 0. The second-order valence-corrected chi connectivity index (χ2v) is 4.95. The molecule has 1 rings (SSSR count). The smallest absolute Gasteiger partial charge is 0.0749 e. The Balaban J connectivity index is 2.60. The largest absolute Gasteiger partial charge is 0.377 e. The molecule has 0 aliphatic carbocycles. The van der Waals surface area contributed by atoms with Gasteiger partial charge in [0.1, 0.15) is 0 Å². The van der Waals surface area contributed by atoms with Crippen LogP contribution in [0.1, 0.15) is 19.4 Å². The quantitative estimate of drug-likeness (QED) is 0.785. The van der Waals surface area contributed by atoms with Crippen molar-refractivity contribution in [2.45, 2.75) is 26.0 Å². The Labute approximate surface area is 105 Å². The molecule has 0 bridgehead atoms. The molecule has 0 atom stereocenters. The third-order valence-corrected chi connectivity index (χ3v) is 2.85. The Morgan fingerprint density at radius 3 is 2.41 bits per heavy atom. The van der Waals surface area contributed by atoms with Gasteiger partial charge in [0.15, 0.2) is 0 Å². The standard InChI is InChI=1S/C14H24N2O/c1-14(2,17-3)12-16(10-9-15)11-13-7-5-4-6-8-13/h4-8H,9-12,15H2,1-3H3. The van der Waals surface area contributed by atoms with Gasteiger partial charge in [0.2, 0.25) is 0 Å². The summed E-state index contributed by atoms with van der Waals surface area (Å²) in [4.78, 5) is 2.33. The predicted octanol–water partition coefficient (Wildman–Crippen LogP) is 1.87. The Kier molecular flexibility index (Phi) is 5.62. The molecule has 1 aromatic rings. The summed E-state index contributed by atoms with van der Waals surface area (Å²) in [5.41, 5.74) is 6.84. The summed E-state index contributed by atoms with van der Waals surface area (Å²) in [6.45, 7) is 7.57. The summed E-state index contributed by atoms with van der Waals surface area (Å²) >= 11 is 0. The van der Waals surface area contributed by atoms with Crippen molar-refractivity contribution in [3.8, 4) is 0 Å². The maximum absolute atomic E-state index is 5.66. The van der Waals surface area contributed by atoms with Crippen LogP contribution in [-0.4, -0.2) is 37.2 Å². The first-order valence-electron chi connectivity index (χ1n) is 6.09. The first-order chi connectivity index (χ1) is 8.07. The fraction of sp³-hybridized carbons (Fsp3) is 0.571. The number of rotatable bonds is 7. The average molecular weight is 236 g/mol. The van der Waals surface area contributed by atoms with Crippen molar-refractivity contribution in [1.29, 1.82) is 0 Å². The van der Waals surface area contributed by atoms with Crippen LogP contribution < -0.4 is 5.73 Å². The highest BCUT2D eigenvalue weighted by Gasteiger charge is 2.20. The fourth-order valence-corrected chi connectivity index (χ4v) is 1.84. The summed E-state index contributed by atoms with van der Waals surface area (Å²) in [7, 11) is 1.75. The Bertz CT molecular complexity index is 311. The lowest BCUT2D eigenvalue weighted by Gasteiger charge is -2.31. The summed E-state index contributed by atoms with van der Waals surface area (Å²) in [5, 5.41) is 0. The molecular formula is C14H24N2O. The van der Waals surface area contributed by atoms with Crippen LogP contribution in [-0.2, 0) is 11.3 Å². The Hall–Kier alpha value is -0.900. The zero-order chi connectivity index (χ0) is 12.7. The highest BCUT2D eigenvalue weighted by atomic mass is 16.5. The molecular weight excluding hydrogens is 212 g/mol. The molecule has 3 nitrogen and oxygen atoms in total. The second kappa shape index (κ2) is 6.74. The molecule has 0 amide bonds. The molecule has 0 aliphatic rings. The minimum atomic E-state index is -0.135. The normalized spacial score (nSPS) is 12.1. The van der Waals surface area contributed by atoms with E-state index in [-0.39, 0.29) is 5.60 Å².